The summed E-state index contributed by atoms with van der Waals surface area (Å²) in [4.78, 5) is 2.59. The average molecular weight is 276 g/mol. The summed E-state index contributed by atoms with van der Waals surface area (Å²) < 4.78 is 0. The molecule has 0 aromatic heterocycles. The van der Waals surface area contributed by atoms with E-state index in [9.17, 15) is 0 Å². The first kappa shape index (κ1) is 17.2. The lowest BCUT2D eigenvalue weighted by molar-refractivity contribution is 0.211. The number of benzene rings is 1. The minimum absolute atomic E-state index is 0.181. The minimum Gasteiger partial charge on any atom is -0.324 e. The molecule has 0 aliphatic heterocycles. The van der Waals surface area contributed by atoms with Crippen molar-refractivity contribution in [1.29, 1.82) is 0 Å². The van der Waals surface area contributed by atoms with Crippen molar-refractivity contribution in [3.05, 3.63) is 35.9 Å². The molecule has 0 heterocycles. The van der Waals surface area contributed by atoms with Gasteiger partial charge in [-0.3, -0.25) is 0 Å². The van der Waals surface area contributed by atoms with E-state index in [4.69, 9.17) is 5.73 Å². The zero-order valence-electron chi connectivity index (χ0n) is 13.5. The summed E-state index contributed by atoms with van der Waals surface area (Å²) in [6.07, 6.45) is 6.21. The molecule has 0 amide bonds. The number of rotatable bonds is 10. The Labute approximate surface area is 125 Å². The summed E-state index contributed by atoms with van der Waals surface area (Å²) in [5, 5.41) is 0. The van der Waals surface area contributed by atoms with Crippen molar-refractivity contribution in [1.82, 2.24) is 4.90 Å². The van der Waals surface area contributed by atoms with Crippen LogP contribution in [0.25, 0.3) is 0 Å². The van der Waals surface area contributed by atoms with Crippen LogP contribution in [0.15, 0.2) is 30.3 Å². The summed E-state index contributed by atoms with van der Waals surface area (Å²) in [5.41, 5.74) is 7.52. The molecule has 1 atom stereocenters. The van der Waals surface area contributed by atoms with Gasteiger partial charge >= 0.3 is 0 Å². The molecule has 2 N–H and O–H groups in total. The van der Waals surface area contributed by atoms with Gasteiger partial charge in [-0.2, -0.15) is 0 Å². The first-order valence-corrected chi connectivity index (χ1v) is 8.19. The van der Waals surface area contributed by atoms with Crippen LogP contribution in [0.1, 0.15) is 64.5 Å². The highest BCUT2D eigenvalue weighted by Crippen LogP contribution is 2.16. The van der Waals surface area contributed by atoms with Gasteiger partial charge in [-0.05, 0) is 51.8 Å². The van der Waals surface area contributed by atoms with Gasteiger partial charge in [0.25, 0.3) is 0 Å². The summed E-state index contributed by atoms with van der Waals surface area (Å²) in [7, 11) is 0. The Bertz CT molecular complexity index is 335. The monoisotopic (exact) mass is 276 g/mol. The minimum atomic E-state index is 0.181. The molecule has 2 nitrogen and oxygen atoms in total. The van der Waals surface area contributed by atoms with Crippen LogP contribution in [0.2, 0.25) is 0 Å². The molecule has 0 aliphatic carbocycles. The van der Waals surface area contributed by atoms with Crippen LogP contribution < -0.4 is 5.73 Å². The van der Waals surface area contributed by atoms with Gasteiger partial charge in [-0.15, -0.1) is 0 Å². The van der Waals surface area contributed by atoms with Gasteiger partial charge in [0.05, 0.1) is 0 Å². The summed E-state index contributed by atoms with van der Waals surface area (Å²) in [5.74, 6) is 0. The Balaban J connectivity index is 2.29. The second kappa shape index (κ2) is 9.95. The van der Waals surface area contributed by atoms with Crippen molar-refractivity contribution in [2.24, 2.45) is 5.73 Å². The third kappa shape index (κ3) is 6.53. The largest absolute Gasteiger partial charge is 0.324 e. The van der Waals surface area contributed by atoms with Gasteiger partial charge < -0.3 is 10.6 Å². The predicted octanol–water partition coefficient (Wildman–Crippen LogP) is 4.37. The number of hydrogen-bond donors (Lipinski definition) is 1. The smallest absolute Gasteiger partial charge is 0.0295 e. The van der Waals surface area contributed by atoms with Crippen molar-refractivity contribution in [2.75, 3.05) is 13.1 Å². The van der Waals surface area contributed by atoms with Gasteiger partial charge in [-0.25, -0.2) is 0 Å². The Morgan fingerprint density at radius 2 is 1.65 bits per heavy atom. The molecular weight excluding hydrogens is 244 g/mol. The van der Waals surface area contributed by atoms with Crippen LogP contribution in [0.5, 0.6) is 0 Å². The van der Waals surface area contributed by atoms with E-state index in [1.54, 1.807) is 0 Å². The number of nitrogens with two attached hydrogens (primary N) is 1. The average Bonchev–Trinajstić information content (AvgIpc) is 2.46. The molecule has 0 saturated heterocycles. The maximum Gasteiger partial charge on any atom is 0.0295 e. The molecule has 1 aromatic carbocycles. The Morgan fingerprint density at radius 3 is 2.25 bits per heavy atom. The highest BCUT2D eigenvalue weighted by atomic mass is 15.1. The molecule has 0 spiro atoms. The Hall–Kier alpha value is -0.860. The van der Waals surface area contributed by atoms with E-state index < -0.39 is 0 Å². The standard InChI is InChI=1S/C18H32N2/c1-4-5-9-14-20(16(2)3)15-10-13-18(19)17-11-7-6-8-12-17/h6-8,11-12,16,18H,4-5,9-10,13-15,19H2,1-3H3. The van der Waals surface area contributed by atoms with E-state index in [-0.39, 0.29) is 6.04 Å². The summed E-state index contributed by atoms with van der Waals surface area (Å²) in [6.45, 7) is 9.25. The van der Waals surface area contributed by atoms with Crippen LogP contribution in [-0.4, -0.2) is 24.0 Å². The molecule has 1 aromatic rings. The number of nitrogens with zero attached hydrogens (tertiary/aromatic N) is 1. The fraction of sp³-hybridized carbons (Fsp3) is 0.667. The Morgan fingerprint density at radius 1 is 1.00 bits per heavy atom. The van der Waals surface area contributed by atoms with Gasteiger partial charge in [0, 0.05) is 12.1 Å². The second-order valence-electron chi connectivity index (χ2n) is 6.00. The van der Waals surface area contributed by atoms with Gasteiger partial charge in [0.1, 0.15) is 0 Å². The van der Waals surface area contributed by atoms with E-state index in [1.165, 1.54) is 44.3 Å². The summed E-state index contributed by atoms with van der Waals surface area (Å²) in [6, 6.07) is 11.3. The molecule has 2 heteroatoms. The van der Waals surface area contributed by atoms with E-state index in [1.807, 2.05) is 6.07 Å². The quantitative estimate of drug-likeness (QED) is 0.643. The topological polar surface area (TPSA) is 29.3 Å². The van der Waals surface area contributed by atoms with Gasteiger partial charge in [-0.1, -0.05) is 50.1 Å². The molecule has 0 saturated carbocycles. The third-order valence-electron chi connectivity index (χ3n) is 3.97. The van der Waals surface area contributed by atoms with Crippen molar-refractivity contribution < 1.29 is 0 Å². The molecule has 114 valence electrons. The maximum atomic E-state index is 6.26. The van der Waals surface area contributed by atoms with E-state index >= 15 is 0 Å². The molecule has 20 heavy (non-hydrogen) atoms. The molecule has 1 unspecified atom stereocenters. The van der Waals surface area contributed by atoms with Gasteiger partial charge in [0.15, 0.2) is 0 Å². The zero-order chi connectivity index (χ0) is 14.8. The normalized spacial score (nSPS) is 13.1. The lowest BCUT2D eigenvalue weighted by Gasteiger charge is -2.27. The summed E-state index contributed by atoms with van der Waals surface area (Å²) >= 11 is 0. The van der Waals surface area contributed by atoms with Crippen molar-refractivity contribution in [2.45, 2.75) is 65.0 Å². The SMILES string of the molecule is CCCCCN(CCCC(N)c1ccccc1)C(C)C. The van der Waals surface area contributed by atoms with E-state index in [0.29, 0.717) is 6.04 Å². The molecular formula is C18H32N2. The highest BCUT2D eigenvalue weighted by molar-refractivity contribution is 5.18. The van der Waals surface area contributed by atoms with Crippen LogP contribution >= 0.6 is 0 Å². The van der Waals surface area contributed by atoms with Crippen LogP contribution in [0, 0.1) is 0 Å². The predicted molar refractivity (Wildman–Crippen MR) is 88.8 cm³/mol. The van der Waals surface area contributed by atoms with Crippen LogP contribution in [-0.2, 0) is 0 Å². The van der Waals surface area contributed by atoms with Crippen LogP contribution in [0.4, 0.5) is 0 Å². The number of hydrogen-bond acceptors (Lipinski definition) is 2. The molecule has 1 rings (SSSR count). The maximum absolute atomic E-state index is 6.26. The second-order valence-corrected chi connectivity index (χ2v) is 6.00. The molecule has 0 aliphatic rings. The van der Waals surface area contributed by atoms with E-state index in [2.05, 4.69) is 49.9 Å². The first-order valence-electron chi connectivity index (χ1n) is 8.19. The Kier molecular flexibility index (Phi) is 8.56. The molecule has 0 bridgehead atoms. The van der Waals surface area contributed by atoms with E-state index in [0.717, 1.165) is 6.42 Å². The molecule has 0 fully saturated rings. The zero-order valence-corrected chi connectivity index (χ0v) is 13.5. The fourth-order valence-corrected chi connectivity index (χ4v) is 2.57. The molecule has 0 radical (unpaired) electrons. The van der Waals surface area contributed by atoms with Crippen LogP contribution in [0.3, 0.4) is 0 Å². The number of unbranched alkanes of at least 4 members (excludes halogenated alkanes) is 2. The fourth-order valence-electron chi connectivity index (χ4n) is 2.57. The lowest BCUT2D eigenvalue weighted by atomic mass is 10.0. The first-order chi connectivity index (χ1) is 9.65. The van der Waals surface area contributed by atoms with Crippen molar-refractivity contribution >= 4 is 0 Å². The third-order valence-corrected chi connectivity index (χ3v) is 3.97. The van der Waals surface area contributed by atoms with Crippen molar-refractivity contribution in [3.8, 4) is 0 Å². The highest BCUT2D eigenvalue weighted by Gasteiger charge is 2.10. The van der Waals surface area contributed by atoms with Crippen molar-refractivity contribution in [3.63, 3.8) is 0 Å². The lowest BCUT2D eigenvalue weighted by Crippen LogP contribution is -2.33. The van der Waals surface area contributed by atoms with Gasteiger partial charge in [0.2, 0.25) is 0 Å².